The van der Waals surface area contributed by atoms with Gasteiger partial charge in [0, 0.05) is 43.0 Å². The Bertz CT molecular complexity index is 671. The van der Waals surface area contributed by atoms with Crippen molar-refractivity contribution in [1.29, 1.82) is 0 Å². The first-order chi connectivity index (χ1) is 11.5. The molecule has 0 radical (unpaired) electrons. The van der Waals surface area contributed by atoms with Crippen LogP contribution in [0.15, 0.2) is 18.2 Å². The lowest BCUT2D eigenvalue weighted by Gasteiger charge is -2.45. The molecule has 0 spiro atoms. The summed E-state index contributed by atoms with van der Waals surface area (Å²) in [6.45, 7) is 10.4. The second-order valence-electron chi connectivity index (χ2n) is 7.41. The molecule has 1 aliphatic heterocycles. The average molecular weight is 351 g/mol. The van der Waals surface area contributed by atoms with Crippen LogP contribution in [0.4, 0.5) is 16.2 Å². The number of hydrogen-bond donors (Lipinski definition) is 1. The number of hydrogen-bond acceptors (Lipinski definition) is 6. The third-order valence-electron chi connectivity index (χ3n) is 4.10. The van der Waals surface area contributed by atoms with Crippen LogP contribution < -0.4 is 4.90 Å². The Hall–Kier alpha value is -2.51. The fourth-order valence-corrected chi connectivity index (χ4v) is 2.91. The number of piperazine rings is 1. The molecule has 25 heavy (non-hydrogen) atoms. The molecule has 1 amide bonds. The summed E-state index contributed by atoms with van der Waals surface area (Å²) in [5.41, 5.74) is -0.190. The number of carbonyl (C=O) groups is 1. The smallest absolute Gasteiger partial charge is 0.410 e. The Balaban J connectivity index is 2.16. The number of aromatic hydroxyl groups is 1. The minimum atomic E-state index is -0.619. The second-order valence-corrected chi connectivity index (χ2v) is 7.41. The molecule has 0 aromatic heterocycles. The number of phenolic OH excluding ortho intramolecular Hbond substituents is 1. The van der Waals surface area contributed by atoms with Crippen molar-refractivity contribution in [3.05, 3.63) is 28.3 Å². The van der Waals surface area contributed by atoms with Crippen LogP contribution >= 0.6 is 0 Å². The largest absolute Gasteiger partial charge is 0.502 e. The number of phenols is 1. The molecule has 1 heterocycles. The van der Waals surface area contributed by atoms with Crippen LogP contribution in [0.1, 0.15) is 34.6 Å². The molecule has 2 atom stereocenters. The van der Waals surface area contributed by atoms with E-state index in [1.165, 1.54) is 12.1 Å². The zero-order valence-electron chi connectivity index (χ0n) is 15.2. The van der Waals surface area contributed by atoms with Crippen LogP contribution in [0.2, 0.25) is 0 Å². The lowest BCUT2D eigenvalue weighted by atomic mass is 10.1. The number of amides is 1. The van der Waals surface area contributed by atoms with Crippen molar-refractivity contribution >= 4 is 17.5 Å². The fraction of sp³-hybridized carbons (Fsp3) is 0.588. The number of nitrogens with zero attached hydrogens (tertiary/aromatic N) is 3. The first-order valence-electron chi connectivity index (χ1n) is 8.23. The van der Waals surface area contributed by atoms with Crippen molar-refractivity contribution in [1.82, 2.24) is 4.90 Å². The molecule has 1 aliphatic rings. The van der Waals surface area contributed by atoms with Gasteiger partial charge in [0.05, 0.1) is 4.92 Å². The molecule has 8 nitrogen and oxygen atoms in total. The van der Waals surface area contributed by atoms with Gasteiger partial charge in [-0.05, 0) is 40.7 Å². The van der Waals surface area contributed by atoms with Gasteiger partial charge >= 0.3 is 11.8 Å². The minimum absolute atomic E-state index is 0.0235. The number of anilines is 1. The molecule has 1 N–H and O–H groups in total. The molecule has 2 rings (SSSR count). The Morgan fingerprint density at radius 1 is 1.28 bits per heavy atom. The van der Waals surface area contributed by atoms with E-state index >= 15 is 0 Å². The summed E-state index contributed by atoms with van der Waals surface area (Å²) in [4.78, 5) is 26.3. The summed E-state index contributed by atoms with van der Waals surface area (Å²) >= 11 is 0. The van der Waals surface area contributed by atoms with E-state index in [9.17, 15) is 20.0 Å². The van der Waals surface area contributed by atoms with Gasteiger partial charge in [0.15, 0.2) is 5.75 Å². The summed E-state index contributed by atoms with van der Waals surface area (Å²) in [7, 11) is 0. The van der Waals surface area contributed by atoms with Crippen LogP contribution in [0.5, 0.6) is 5.75 Å². The molecular formula is C17H25N3O5. The number of ether oxygens (including phenoxy) is 1. The Labute approximate surface area is 147 Å². The third kappa shape index (κ3) is 4.32. The molecule has 0 bridgehead atoms. The van der Waals surface area contributed by atoms with E-state index in [0.717, 1.165) is 0 Å². The molecule has 0 aliphatic carbocycles. The average Bonchev–Trinajstić information content (AvgIpc) is 2.46. The van der Waals surface area contributed by atoms with Gasteiger partial charge in [-0.1, -0.05) is 0 Å². The van der Waals surface area contributed by atoms with E-state index in [1.807, 2.05) is 39.5 Å². The van der Waals surface area contributed by atoms with Crippen molar-refractivity contribution in [2.45, 2.75) is 52.3 Å². The van der Waals surface area contributed by atoms with Crippen molar-refractivity contribution in [3.8, 4) is 5.75 Å². The molecule has 0 saturated carbocycles. The number of nitro groups is 1. The molecule has 8 heteroatoms. The number of carbonyl (C=O) groups excluding carboxylic acids is 1. The van der Waals surface area contributed by atoms with Gasteiger partial charge < -0.3 is 19.6 Å². The maximum absolute atomic E-state index is 12.4. The number of rotatable bonds is 2. The molecule has 1 fully saturated rings. The number of nitro benzene ring substituents is 1. The van der Waals surface area contributed by atoms with E-state index in [-0.39, 0.29) is 29.6 Å². The molecule has 2 unspecified atom stereocenters. The van der Waals surface area contributed by atoms with Gasteiger partial charge in [0.1, 0.15) is 5.60 Å². The van der Waals surface area contributed by atoms with Gasteiger partial charge in [-0.3, -0.25) is 10.1 Å². The zero-order valence-corrected chi connectivity index (χ0v) is 15.2. The highest BCUT2D eigenvalue weighted by Gasteiger charge is 2.35. The lowest BCUT2D eigenvalue weighted by molar-refractivity contribution is -0.385. The van der Waals surface area contributed by atoms with Crippen LogP contribution in [0.25, 0.3) is 0 Å². The molecule has 1 saturated heterocycles. The van der Waals surface area contributed by atoms with Crippen molar-refractivity contribution in [3.63, 3.8) is 0 Å². The maximum atomic E-state index is 12.4. The van der Waals surface area contributed by atoms with Crippen molar-refractivity contribution < 1.29 is 19.6 Å². The quantitative estimate of drug-likeness (QED) is 0.649. The molecule has 138 valence electrons. The Kier molecular flexibility index (Phi) is 5.10. The molecular weight excluding hydrogens is 326 g/mol. The highest BCUT2D eigenvalue weighted by atomic mass is 16.6. The zero-order chi connectivity index (χ0) is 18.9. The van der Waals surface area contributed by atoms with Gasteiger partial charge in [-0.25, -0.2) is 4.79 Å². The minimum Gasteiger partial charge on any atom is -0.502 e. The Morgan fingerprint density at radius 2 is 1.92 bits per heavy atom. The van der Waals surface area contributed by atoms with E-state index in [4.69, 9.17) is 4.74 Å². The van der Waals surface area contributed by atoms with E-state index in [1.54, 1.807) is 11.0 Å². The van der Waals surface area contributed by atoms with E-state index in [0.29, 0.717) is 18.8 Å². The van der Waals surface area contributed by atoms with Crippen LogP contribution in [-0.4, -0.2) is 51.8 Å². The fourth-order valence-electron chi connectivity index (χ4n) is 2.91. The van der Waals surface area contributed by atoms with Gasteiger partial charge in [0.25, 0.3) is 0 Å². The SMILES string of the molecule is CC1CN(c2ccc([N+](=O)[O-])c(O)c2)C(C)CN1C(=O)OC(C)(C)C. The third-order valence-corrected chi connectivity index (χ3v) is 4.10. The van der Waals surface area contributed by atoms with Crippen LogP contribution in [-0.2, 0) is 4.74 Å². The summed E-state index contributed by atoms with van der Waals surface area (Å²) in [5.74, 6) is -0.364. The monoisotopic (exact) mass is 351 g/mol. The highest BCUT2D eigenvalue weighted by molar-refractivity contribution is 5.69. The number of benzene rings is 1. The summed E-state index contributed by atoms with van der Waals surface area (Å²) in [6, 6.07) is 4.18. The maximum Gasteiger partial charge on any atom is 0.410 e. The summed E-state index contributed by atoms with van der Waals surface area (Å²) in [5, 5.41) is 20.7. The van der Waals surface area contributed by atoms with Gasteiger partial charge in [0.2, 0.25) is 0 Å². The van der Waals surface area contributed by atoms with Crippen molar-refractivity contribution in [2.75, 3.05) is 18.0 Å². The first-order valence-corrected chi connectivity index (χ1v) is 8.23. The second kappa shape index (κ2) is 6.78. The van der Waals surface area contributed by atoms with Gasteiger partial charge in [-0.2, -0.15) is 0 Å². The summed E-state index contributed by atoms with van der Waals surface area (Å²) in [6.07, 6.45) is -0.349. The molecule has 1 aromatic carbocycles. The molecule has 1 aromatic rings. The summed E-state index contributed by atoms with van der Waals surface area (Å²) < 4.78 is 5.45. The first kappa shape index (κ1) is 18.8. The van der Waals surface area contributed by atoms with E-state index < -0.39 is 10.5 Å². The highest BCUT2D eigenvalue weighted by Crippen LogP contribution is 2.32. The van der Waals surface area contributed by atoms with Crippen LogP contribution in [0, 0.1) is 10.1 Å². The predicted octanol–water partition coefficient (Wildman–Crippen LogP) is 3.13. The predicted molar refractivity (Wildman–Crippen MR) is 94.0 cm³/mol. The van der Waals surface area contributed by atoms with Crippen LogP contribution in [0.3, 0.4) is 0 Å². The normalized spacial score (nSPS) is 21.2. The Morgan fingerprint density at radius 3 is 2.44 bits per heavy atom. The van der Waals surface area contributed by atoms with Gasteiger partial charge in [-0.15, -0.1) is 0 Å². The topological polar surface area (TPSA) is 96.1 Å². The lowest BCUT2D eigenvalue weighted by Crippen LogP contribution is -2.59. The standard InChI is InChI=1S/C17H25N3O5/c1-11-10-19(16(22)25-17(3,4)5)12(2)9-18(11)13-6-7-14(20(23)24)15(21)8-13/h6-8,11-12,21H,9-10H2,1-5H3. The van der Waals surface area contributed by atoms with Crippen molar-refractivity contribution in [2.24, 2.45) is 0 Å². The van der Waals surface area contributed by atoms with E-state index in [2.05, 4.69) is 0 Å².